The zero-order chi connectivity index (χ0) is 19.0. The Balaban J connectivity index is 1.76. The molecule has 2 unspecified atom stereocenters. The Hall–Kier alpha value is -3.80. The predicted octanol–water partition coefficient (Wildman–Crippen LogP) is 4.21. The maximum atomic E-state index is 6.36. The molecule has 4 aromatic heterocycles. The van der Waals surface area contributed by atoms with Crippen LogP contribution in [0.5, 0.6) is 11.5 Å². The van der Waals surface area contributed by atoms with Gasteiger partial charge in [0.15, 0.2) is 12.2 Å². The summed E-state index contributed by atoms with van der Waals surface area (Å²) < 4.78 is 12.7. The standard InChI is InChI=1S/C22H18N4O2/c1-9-23-10-2-17(1)21(27-19-5-13-25-14-6-19)22(18-3-11-24-12-4-18)28-20-7-15-26-16-8-20/h1-16,21-22H. The first kappa shape index (κ1) is 17.6. The van der Waals surface area contributed by atoms with Gasteiger partial charge in [0.1, 0.15) is 11.5 Å². The number of pyridine rings is 4. The summed E-state index contributed by atoms with van der Waals surface area (Å²) in [7, 11) is 0. The van der Waals surface area contributed by atoms with Gasteiger partial charge in [-0.2, -0.15) is 0 Å². The van der Waals surface area contributed by atoms with Gasteiger partial charge in [-0.15, -0.1) is 0 Å². The molecule has 0 radical (unpaired) electrons. The minimum absolute atomic E-state index is 0.416. The Labute approximate surface area is 162 Å². The third-order valence-electron chi connectivity index (χ3n) is 4.17. The van der Waals surface area contributed by atoms with Gasteiger partial charge in [-0.3, -0.25) is 19.9 Å². The fraction of sp³-hybridized carbons (Fsp3) is 0.0909. The van der Waals surface area contributed by atoms with Gasteiger partial charge in [0.2, 0.25) is 0 Å². The lowest BCUT2D eigenvalue weighted by Crippen LogP contribution is -2.22. The lowest BCUT2D eigenvalue weighted by Gasteiger charge is -2.29. The van der Waals surface area contributed by atoms with Crippen LogP contribution in [0.2, 0.25) is 0 Å². The van der Waals surface area contributed by atoms with Crippen molar-refractivity contribution in [3.63, 3.8) is 0 Å². The van der Waals surface area contributed by atoms with Gasteiger partial charge in [-0.1, -0.05) is 0 Å². The van der Waals surface area contributed by atoms with Crippen molar-refractivity contribution in [2.24, 2.45) is 0 Å². The summed E-state index contributed by atoms with van der Waals surface area (Å²) in [6, 6.07) is 15.0. The number of ether oxygens (including phenoxy) is 2. The quantitative estimate of drug-likeness (QED) is 0.485. The Kier molecular flexibility index (Phi) is 5.49. The molecule has 0 aromatic carbocycles. The molecule has 0 aliphatic rings. The van der Waals surface area contributed by atoms with Gasteiger partial charge in [-0.05, 0) is 59.7 Å². The molecule has 0 bridgehead atoms. The molecular formula is C22H18N4O2. The molecule has 6 heteroatoms. The van der Waals surface area contributed by atoms with Crippen molar-refractivity contribution in [3.05, 3.63) is 109 Å². The highest BCUT2D eigenvalue weighted by molar-refractivity contribution is 5.28. The summed E-state index contributed by atoms with van der Waals surface area (Å²) in [6.07, 6.45) is 12.9. The van der Waals surface area contributed by atoms with E-state index in [2.05, 4.69) is 19.9 Å². The van der Waals surface area contributed by atoms with Gasteiger partial charge in [0.05, 0.1) is 0 Å². The molecule has 0 aliphatic carbocycles. The van der Waals surface area contributed by atoms with E-state index < -0.39 is 12.2 Å². The number of nitrogens with zero attached hydrogens (tertiary/aromatic N) is 4. The number of hydrogen-bond acceptors (Lipinski definition) is 6. The Morgan fingerprint density at radius 1 is 0.429 bits per heavy atom. The molecule has 0 spiro atoms. The van der Waals surface area contributed by atoms with Crippen LogP contribution in [0.25, 0.3) is 0 Å². The van der Waals surface area contributed by atoms with Crippen molar-refractivity contribution in [2.75, 3.05) is 0 Å². The number of aromatic nitrogens is 4. The van der Waals surface area contributed by atoms with Crippen molar-refractivity contribution in [1.29, 1.82) is 0 Å². The average molecular weight is 370 g/mol. The van der Waals surface area contributed by atoms with Crippen molar-refractivity contribution in [2.45, 2.75) is 12.2 Å². The topological polar surface area (TPSA) is 70.0 Å². The van der Waals surface area contributed by atoms with Gasteiger partial charge < -0.3 is 9.47 Å². The first-order chi connectivity index (χ1) is 13.9. The van der Waals surface area contributed by atoms with E-state index in [9.17, 15) is 0 Å². The summed E-state index contributed by atoms with van der Waals surface area (Å²) in [4.78, 5) is 16.4. The normalized spacial score (nSPS) is 12.7. The summed E-state index contributed by atoms with van der Waals surface area (Å²) in [5.74, 6) is 1.41. The highest BCUT2D eigenvalue weighted by atomic mass is 16.5. The van der Waals surface area contributed by atoms with Gasteiger partial charge in [0.25, 0.3) is 0 Å². The minimum Gasteiger partial charge on any atom is -0.481 e. The summed E-state index contributed by atoms with van der Waals surface area (Å²) in [5.41, 5.74) is 1.89. The molecule has 4 rings (SSSR count). The van der Waals surface area contributed by atoms with E-state index in [1.165, 1.54) is 0 Å². The first-order valence-corrected chi connectivity index (χ1v) is 8.83. The molecule has 0 N–H and O–H groups in total. The highest BCUT2D eigenvalue weighted by Gasteiger charge is 2.29. The Morgan fingerprint density at radius 2 is 0.714 bits per heavy atom. The van der Waals surface area contributed by atoms with Crippen LogP contribution < -0.4 is 9.47 Å². The smallest absolute Gasteiger partial charge is 0.165 e. The average Bonchev–Trinajstić information content (AvgIpc) is 2.79. The van der Waals surface area contributed by atoms with Gasteiger partial charge in [-0.25, -0.2) is 0 Å². The fourth-order valence-electron chi connectivity index (χ4n) is 2.84. The largest absolute Gasteiger partial charge is 0.481 e. The van der Waals surface area contributed by atoms with Crippen LogP contribution in [0, 0.1) is 0 Å². The van der Waals surface area contributed by atoms with Gasteiger partial charge >= 0.3 is 0 Å². The van der Waals surface area contributed by atoms with Crippen LogP contribution in [0.3, 0.4) is 0 Å². The molecular weight excluding hydrogens is 352 g/mol. The maximum Gasteiger partial charge on any atom is 0.165 e. The van der Waals surface area contributed by atoms with E-state index in [4.69, 9.17) is 9.47 Å². The SMILES string of the molecule is c1cc(OC(c2ccncc2)C(Oc2ccncc2)c2ccncc2)ccn1. The minimum atomic E-state index is -0.416. The van der Waals surface area contributed by atoms with Crippen molar-refractivity contribution >= 4 is 0 Å². The lowest BCUT2D eigenvalue weighted by atomic mass is 9.99. The van der Waals surface area contributed by atoms with Crippen molar-refractivity contribution in [1.82, 2.24) is 19.9 Å². The third kappa shape index (κ3) is 4.29. The monoisotopic (exact) mass is 370 g/mol. The van der Waals surface area contributed by atoms with E-state index in [-0.39, 0.29) is 0 Å². The molecule has 6 nitrogen and oxygen atoms in total. The van der Waals surface area contributed by atoms with E-state index in [0.29, 0.717) is 11.5 Å². The summed E-state index contributed by atoms with van der Waals surface area (Å²) in [6.45, 7) is 0. The molecule has 4 aromatic rings. The molecule has 28 heavy (non-hydrogen) atoms. The van der Waals surface area contributed by atoms with Crippen LogP contribution in [0.4, 0.5) is 0 Å². The van der Waals surface area contributed by atoms with E-state index in [1.54, 1.807) is 49.6 Å². The number of hydrogen-bond donors (Lipinski definition) is 0. The zero-order valence-corrected chi connectivity index (χ0v) is 15.0. The zero-order valence-electron chi connectivity index (χ0n) is 15.0. The van der Waals surface area contributed by atoms with Gasteiger partial charge in [0, 0.05) is 49.6 Å². The molecule has 4 heterocycles. The second-order valence-corrected chi connectivity index (χ2v) is 6.00. The molecule has 0 saturated carbocycles. The number of rotatable bonds is 7. The Bertz CT molecular complexity index is 887. The fourth-order valence-corrected chi connectivity index (χ4v) is 2.84. The highest BCUT2D eigenvalue weighted by Crippen LogP contribution is 2.36. The van der Waals surface area contributed by atoms with E-state index in [0.717, 1.165) is 11.1 Å². The summed E-state index contributed by atoms with van der Waals surface area (Å²) >= 11 is 0. The van der Waals surface area contributed by atoms with Crippen molar-refractivity contribution < 1.29 is 9.47 Å². The van der Waals surface area contributed by atoms with Crippen LogP contribution in [0.15, 0.2) is 98.1 Å². The van der Waals surface area contributed by atoms with Crippen LogP contribution in [-0.2, 0) is 0 Å². The molecule has 0 amide bonds. The molecule has 0 saturated heterocycles. The lowest BCUT2D eigenvalue weighted by molar-refractivity contribution is 0.0522. The van der Waals surface area contributed by atoms with E-state index in [1.807, 2.05) is 48.5 Å². The Morgan fingerprint density at radius 3 is 1.04 bits per heavy atom. The summed E-state index contributed by atoms with van der Waals surface area (Å²) in [5, 5.41) is 0. The molecule has 138 valence electrons. The molecule has 0 fully saturated rings. The van der Waals surface area contributed by atoms with E-state index >= 15 is 0 Å². The van der Waals surface area contributed by atoms with Crippen molar-refractivity contribution in [3.8, 4) is 11.5 Å². The second kappa shape index (κ2) is 8.73. The molecule has 2 atom stereocenters. The maximum absolute atomic E-state index is 6.36. The van der Waals surface area contributed by atoms with Crippen LogP contribution >= 0.6 is 0 Å². The van der Waals surface area contributed by atoms with Crippen LogP contribution in [0.1, 0.15) is 23.3 Å². The predicted molar refractivity (Wildman–Crippen MR) is 104 cm³/mol. The third-order valence-corrected chi connectivity index (χ3v) is 4.17. The second-order valence-electron chi connectivity index (χ2n) is 6.00. The molecule has 0 aliphatic heterocycles. The van der Waals surface area contributed by atoms with Crippen LogP contribution in [-0.4, -0.2) is 19.9 Å². The first-order valence-electron chi connectivity index (χ1n) is 8.83.